The highest BCUT2D eigenvalue weighted by Crippen LogP contribution is 2.30. The van der Waals surface area contributed by atoms with Crippen LogP contribution < -0.4 is 10.6 Å². The number of rotatable bonds is 3. The molecular formula is C15H23N3O2. The average molecular weight is 277 g/mol. The normalized spacial score (nSPS) is 19.9. The number of likely N-dealkylation sites (N-methyl/N-ethyl adjacent to an activating group) is 1. The summed E-state index contributed by atoms with van der Waals surface area (Å²) in [6, 6.07) is 5.92. The van der Waals surface area contributed by atoms with E-state index < -0.39 is 0 Å². The van der Waals surface area contributed by atoms with Gasteiger partial charge in [-0.1, -0.05) is 6.07 Å². The van der Waals surface area contributed by atoms with E-state index in [2.05, 4.69) is 23.8 Å². The first kappa shape index (κ1) is 14.7. The molecule has 2 N–H and O–H groups in total. The number of hydrogen-bond acceptors (Lipinski definition) is 5. The lowest BCUT2D eigenvalue weighted by Gasteiger charge is -2.40. The highest BCUT2D eigenvalue weighted by molar-refractivity contribution is 5.98. The SMILES string of the molecule is CCOC(=O)c1cccc(N2CCN(C)CC2C)c1N. The zero-order chi connectivity index (χ0) is 14.7. The minimum Gasteiger partial charge on any atom is -0.462 e. The summed E-state index contributed by atoms with van der Waals surface area (Å²) in [7, 11) is 2.12. The smallest absolute Gasteiger partial charge is 0.340 e. The third-order valence-electron chi connectivity index (χ3n) is 3.72. The molecule has 0 saturated carbocycles. The summed E-state index contributed by atoms with van der Waals surface area (Å²) >= 11 is 0. The zero-order valence-corrected chi connectivity index (χ0v) is 12.4. The van der Waals surface area contributed by atoms with Gasteiger partial charge in [0.25, 0.3) is 0 Å². The lowest BCUT2D eigenvalue weighted by atomic mass is 10.1. The molecule has 110 valence electrons. The molecular weight excluding hydrogens is 254 g/mol. The molecule has 0 bridgehead atoms. The summed E-state index contributed by atoms with van der Waals surface area (Å²) in [6.45, 7) is 7.21. The molecule has 0 spiro atoms. The summed E-state index contributed by atoms with van der Waals surface area (Å²) in [5, 5.41) is 0. The minimum atomic E-state index is -0.353. The van der Waals surface area contributed by atoms with E-state index >= 15 is 0 Å². The van der Waals surface area contributed by atoms with Crippen molar-refractivity contribution in [3.63, 3.8) is 0 Å². The molecule has 1 heterocycles. The van der Waals surface area contributed by atoms with Gasteiger partial charge >= 0.3 is 5.97 Å². The van der Waals surface area contributed by atoms with Gasteiger partial charge in [0, 0.05) is 25.7 Å². The molecule has 1 fully saturated rings. The van der Waals surface area contributed by atoms with Crippen LogP contribution in [0, 0.1) is 0 Å². The van der Waals surface area contributed by atoms with Crippen molar-refractivity contribution < 1.29 is 9.53 Å². The van der Waals surface area contributed by atoms with Crippen LogP contribution in [0.25, 0.3) is 0 Å². The first-order chi connectivity index (χ1) is 9.54. The molecule has 5 nitrogen and oxygen atoms in total. The fourth-order valence-electron chi connectivity index (χ4n) is 2.69. The van der Waals surface area contributed by atoms with Gasteiger partial charge in [-0.05, 0) is 33.0 Å². The summed E-state index contributed by atoms with van der Waals surface area (Å²) in [5.41, 5.74) is 8.08. The molecule has 0 amide bonds. The summed E-state index contributed by atoms with van der Waals surface area (Å²) in [5.74, 6) is -0.353. The van der Waals surface area contributed by atoms with E-state index in [9.17, 15) is 4.79 Å². The molecule has 20 heavy (non-hydrogen) atoms. The van der Waals surface area contributed by atoms with Gasteiger partial charge in [-0.25, -0.2) is 4.79 Å². The molecule has 0 radical (unpaired) electrons. The van der Waals surface area contributed by atoms with Crippen molar-refractivity contribution in [1.29, 1.82) is 0 Å². The first-order valence-corrected chi connectivity index (χ1v) is 7.05. The van der Waals surface area contributed by atoms with Gasteiger partial charge in [0.05, 0.1) is 23.5 Å². The van der Waals surface area contributed by atoms with E-state index in [0.29, 0.717) is 23.9 Å². The standard InChI is InChI=1S/C15H23N3O2/c1-4-20-15(19)12-6-5-7-13(14(12)16)18-9-8-17(3)10-11(18)2/h5-7,11H,4,8-10,16H2,1-3H3. The second-order valence-electron chi connectivity index (χ2n) is 5.26. The van der Waals surface area contributed by atoms with E-state index in [-0.39, 0.29) is 5.97 Å². The highest BCUT2D eigenvalue weighted by atomic mass is 16.5. The van der Waals surface area contributed by atoms with Crippen LogP contribution in [0.2, 0.25) is 0 Å². The molecule has 1 aliphatic rings. The number of piperazine rings is 1. The molecule has 0 aromatic heterocycles. The third kappa shape index (κ3) is 2.88. The lowest BCUT2D eigenvalue weighted by molar-refractivity contribution is 0.0527. The summed E-state index contributed by atoms with van der Waals surface area (Å²) in [4.78, 5) is 16.5. The average Bonchev–Trinajstić information content (AvgIpc) is 2.40. The Bertz CT molecular complexity index is 490. The van der Waals surface area contributed by atoms with Crippen LogP contribution >= 0.6 is 0 Å². The second kappa shape index (κ2) is 6.13. The number of para-hydroxylation sites is 1. The van der Waals surface area contributed by atoms with Gasteiger partial charge in [-0.15, -0.1) is 0 Å². The molecule has 0 aliphatic carbocycles. The van der Waals surface area contributed by atoms with Crippen molar-refractivity contribution in [2.24, 2.45) is 0 Å². The minimum absolute atomic E-state index is 0.353. The number of benzene rings is 1. The molecule has 1 aromatic rings. The Morgan fingerprint density at radius 3 is 2.85 bits per heavy atom. The Labute approximate surface area is 120 Å². The van der Waals surface area contributed by atoms with Crippen molar-refractivity contribution in [3.8, 4) is 0 Å². The Kier molecular flexibility index (Phi) is 4.49. The Morgan fingerprint density at radius 2 is 2.20 bits per heavy atom. The van der Waals surface area contributed by atoms with Gasteiger partial charge in [-0.3, -0.25) is 0 Å². The number of hydrogen-bond donors (Lipinski definition) is 1. The van der Waals surface area contributed by atoms with Crippen LogP contribution in [0.3, 0.4) is 0 Å². The Balaban J connectivity index is 2.28. The van der Waals surface area contributed by atoms with Crippen LogP contribution in [0.15, 0.2) is 18.2 Å². The predicted octanol–water partition coefficient (Wildman–Crippen LogP) is 1.59. The van der Waals surface area contributed by atoms with Gasteiger partial charge in [-0.2, -0.15) is 0 Å². The topological polar surface area (TPSA) is 58.8 Å². The lowest BCUT2D eigenvalue weighted by Crippen LogP contribution is -2.50. The number of esters is 1. The maximum Gasteiger partial charge on any atom is 0.340 e. The first-order valence-electron chi connectivity index (χ1n) is 7.05. The molecule has 1 unspecified atom stereocenters. The number of nitrogen functional groups attached to an aromatic ring is 1. The fourth-order valence-corrected chi connectivity index (χ4v) is 2.69. The number of nitrogens with two attached hydrogens (primary N) is 1. The van der Waals surface area contributed by atoms with Crippen molar-refractivity contribution in [2.45, 2.75) is 19.9 Å². The zero-order valence-electron chi connectivity index (χ0n) is 12.4. The van der Waals surface area contributed by atoms with E-state index in [4.69, 9.17) is 10.5 Å². The van der Waals surface area contributed by atoms with Crippen LogP contribution in [0.1, 0.15) is 24.2 Å². The highest BCUT2D eigenvalue weighted by Gasteiger charge is 2.25. The van der Waals surface area contributed by atoms with Crippen LogP contribution in [-0.4, -0.2) is 50.2 Å². The number of nitrogens with zero attached hydrogens (tertiary/aromatic N) is 2. The monoisotopic (exact) mass is 277 g/mol. The molecule has 1 saturated heterocycles. The number of ether oxygens (including phenoxy) is 1. The predicted molar refractivity (Wildman–Crippen MR) is 81.1 cm³/mol. The largest absolute Gasteiger partial charge is 0.462 e. The second-order valence-corrected chi connectivity index (χ2v) is 5.26. The molecule has 1 atom stereocenters. The van der Waals surface area contributed by atoms with Crippen molar-refractivity contribution in [2.75, 3.05) is 43.9 Å². The molecule has 1 aromatic carbocycles. The summed E-state index contributed by atoms with van der Waals surface area (Å²) in [6.07, 6.45) is 0. The van der Waals surface area contributed by atoms with Crippen molar-refractivity contribution >= 4 is 17.3 Å². The van der Waals surface area contributed by atoms with E-state index in [1.54, 1.807) is 13.0 Å². The van der Waals surface area contributed by atoms with Crippen LogP contribution in [0.5, 0.6) is 0 Å². The van der Waals surface area contributed by atoms with Crippen molar-refractivity contribution in [1.82, 2.24) is 4.90 Å². The van der Waals surface area contributed by atoms with Gasteiger partial charge in [0.15, 0.2) is 0 Å². The van der Waals surface area contributed by atoms with Crippen LogP contribution in [0.4, 0.5) is 11.4 Å². The van der Waals surface area contributed by atoms with Gasteiger partial charge in [0.1, 0.15) is 0 Å². The maximum absolute atomic E-state index is 11.9. The number of carbonyl (C=O) groups is 1. The molecule has 2 rings (SSSR count). The quantitative estimate of drug-likeness (QED) is 0.671. The van der Waals surface area contributed by atoms with Gasteiger partial charge < -0.3 is 20.3 Å². The number of carbonyl (C=O) groups excluding carboxylic acids is 1. The number of anilines is 2. The van der Waals surface area contributed by atoms with E-state index in [1.807, 2.05) is 12.1 Å². The third-order valence-corrected chi connectivity index (χ3v) is 3.72. The Hall–Kier alpha value is -1.75. The summed E-state index contributed by atoms with van der Waals surface area (Å²) < 4.78 is 5.05. The molecule has 1 aliphatic heterocycles. The van der Waals surface area contributed by atoms with Gasteiger partial charge in [0.2, 0.25) is 0 Å². The van der Waals surface area contributed by atoms with Crippen LogP contribution in [-0.2, 0) is 4.74 Å². The molecule has 5 heteroatoms. The van der Waals surface area contributed by atoms with Crippen molar-refractivity contribution in [3.05, 3.63) is 23.8 Å². The fraction of sp³-hybridized carbons (Fsp3) is 0.533. The van der Waals surface area contributed by atoms with E-state index in [0.717, 1.165) is 25.3 Å². The van der Waals surface area contributed by atoms with E-state index in [1.165, 1.54) is 0 Å². The Morgan fingerprint density at radius 1 is 1.45 bits per heavy atom. The maximum atomic E-state index is 11.9.